The summed E-state index contributed by atoms with van der Waals surface area (Å²) in [5.74, 6) is 0.676. The number of hydrogen-bond donors (Lipinski definition) is 2. The van der Waals surface area contributed by atoms with Crippen molar-refractivity contribution in [3.63, 3.8) is 0 Å². The van der Waals surface area contributed by atoms with E-state index in [0.29, 0.717) is 25.5 Å². The van der Waals surface area contributed by atoms with E-state index in [1.807, 2.05) is 65.6 Å². The molecule has 0 radical (unpaired) electrons. The molecule has 2 N–H and O–H groups in total. The number of fused-ring (bicyclic) bond motifs is 1. The largest absolute Gasteiger partial charge is 0.389 e. The van der Waals surface area contributed by atoms with Crippen LogP contribution in [0, 0.1) is 0 Å². The number of likely N-dealkylation sites (tertiary alicyclic amines) is 1. The highest BCUT2D eigenvalue weighted by Crippen LogP contribution is 2.32. The summed E-state index contributed by atoms with van der Waals surface area (Å²) < 4.78 is 39.8. The summed E-state index contributed by atoms with van der Waals surface area (Å²) in [7, 11) is 0. The van der Waals surface area contributed by atoms with Crippen LogP contribution in [-0.4, -0.2) is 52.6 Å². The number of aryl methyl sites for hydroxylation is 1. The Morgan fingerprint density at radius 1 is 1.00 bits per heavy atom. The van der Waals surface area contributed by atoms with E-state index in [-0.39, 0.29) is 24.4 Å². The molecule has 2 aromatic carbocycles. The number of benzene rings is 2. The van der Waals surface area contributed by atoms with E-state index in [4.69, 9.17) is 5.10 Å². The topological polar surface area (TPSA) is 62.2 Å². The number of anilines is 1. The van der Waals surface area contributed by atoms with Crippen molar-refractivity contribution in [1.82, 2.24) is 20.0 Å². The van der Waals surface area contributed by atoms with Gasteiger partial charge in [0.15, 0.2) is 0 Å². The highest BCUT2D eigenvalue weighted by molar-refractivity contribution is 5.90. The zero-order valence-electron chi connectivity index (χ0n) is 20.0. The van der Waals surface area contributed by atoms with Gasteiger partial charge in [0, 0.05) is 31.0 Å². The molecule has 0 spiro atoms. The first-order valence-electron chi connectivity index (χ1n) is 12.4. The molecule has 2 heterocycles. The van der Waals surface area contributed by atoms with E-state index in [1.165, 1.54) is 0 Å². The molecule has 9 heteroatoms. The van der Waals surface area contributed by atoms with Crippen LogP contribution in [0.5, 0.6) is 0 Å². The quantitative estimate of drug-likeness (QED) is 0.466. The van der Waals surface area contributed by atoms with Crippen molar-refractivity contribution in [1.29, 1.82) is 0 Å². The molecule has 3 aromatic rings. The monoisotopic (exact) mass is 497 g/mol. The Morgan fingerprint density at radius 2 is 1.72 bits per heavy atom. The fraction of sp³-hybridized carbons (Fsp3) is 0.407. The molecule has 0 unspecified atom stereocenters. The average molecular weight is 498 g/mol. The van der Waals surface area contributed by atoms with Crippen LogP contribution < -0.4 is 10.6 Å². The van der Waals surface area contributed by atoms with Gasteiger partial charge in [-0.25, -0.2) is 9.48 Å². The molecule has 0 bridgehead atoms. The number of carbonyl (C=O) groups is 1. The predicted molar refractivity (Wildman–Crippen MR) is 132 cm³/mol. The number of amides is 2. The normalized spacial score (nSPS) is 19.9. The molecule has 5 rings (SSSR count). The van der Waals surface area contributed by atoms with Crippen LogP contribution in [0.25, 0.3) is 5.69 Å². The Kier molecular flexibility index (Phi) is 7.00. The van der Waals surface area contributed by atoms with Crippen LogP contribution in [0.15, 0.2) is 60.7 Å². The maximum atomic E-state index is 13.2. The third kappa shape index (κ3) is 5.56. The van der Waals surface area contributed by atoms with Crippen molar-refractivity contribution < 1.29 is 18.0 Å². The van der Waals surface area contributed by atoms with E-state index in [2.05, 4.69) is 10.6 Å². The second kappa shape index (κ2) is 10.3. The first-order valence-corrected chi connectivity index (χ1v) is 12.4. The number of hydrogen-bond acceptors (Lipinski definition) is 3. The molecule has 1 aromatic heterocycles. The molecule has 1 aliphatic heterocycles. The molecule has 36 heavy (non-hydrogen) atoms. The molecule has 1 aliphatic carbocycles. The van der Waals surface area contributed by atoms with Crippen LogP contribution in [0.3, 0.4) is 0 Å². The third-order valence-electron chi connectivity index (χ3n) is 7.01. The van der Waals surface area contributed by atoms with Crippen LogP contribution in [0.2, 0.25) is 0 Å². The standard InChI is InChI=1S/C27H30F3N5O/c28-27(29,30)15-8-16-34-17-22(19-9-3-1-4-10-19)24(18-34)31-26(36)32-25-21-13-7-14-23(21)33-35(25)20-11-5-2-6-12-20/h1-6,9-12,22,24H,7-8,13-18H2,(H2,31,32,36)/t22-,24+/m0/s1. The van der Waals surface area contributed by atoms with Crippen molar-refractivity contribution in [3.05, 3.63) is 77.5 Å². The van der Waals surface area contributed by atoms with Gasteiger partial charge in [-0.3, -0.25) is 5.32 Å². The van der Waals surface area contributed by atoms with Crippen LogP contribution in [0.1, 0.15) is 42.0 Å². The number of rotatable bonds is 7. The molecule has 2 atom stereocenters. The minimum absolute atomic E-state index is 0.00687. The van der Waals surface area contributed by atoms with E-state index in [9.17, 15) is 18.0 Å². The lowest BCUT2D eigenvalue weighted by atomic mass is 9.94. The van der Waals surface area contributed by atoms with Crippen LogP contribution in [0.4, 0.5) is 23.8 Å². The van der Waals surface area contributed by atoms with Gasteiger partial charge in [-0.05, 0) is 49.9 Å². The zero-order valence-corrected chi connectivity index (χ0v) is 20.0. The van der Waals surface area contributed by atoms with Crippen molar-refractivity contribution in [2.45, 2.75) is 50.2 Å². The smallest absolute Gasteiger partial charge is 0.333 e. The molecule has 6 nitrogen and oxygen atoms in total. The number of urea groups is 1. The Labute approximate surface area is 208 Å². The summed E-state index contributed by atoms with van der Waals surface area (Å²) in [6.45, 7) is 1.45. The highest BCUT2D eigenvalue weighted by Gasteiger charge is 2.36. The van der Waals surface area contributed by atoms with Gasteiger partial charge in [-0.15, -0.1) is 0 Å². The van der Waals surface area contributed by atoms with Gasteiger partial charge in [0.1, 0.15) is 5.82 Å². The fourth-order valence-corrected chi connectivity index (χ4v) is 5.34. The van der Waals surface area contributed by atoms with Gasteiger partial charge in [0.2, 0.25) is 0 Å². The maximum absolute atomic E-state index is 13.2. The second-order valence-corrected chi connectivity index (χ2v) is 9.58. The number of para-hydroxylation sites is 1. The van der Waals surface area contributed by atoms with Gasteiger partial charge in [0.25, 0.3) is 0 Å². The number of nitrogens with one attached hydrogen (secondary N) is 2. The van der Waals surface area contributed by atoms with Gasteiger partial charge in [-0.1, -0.05) is 48.5 Å². The number of nitrogens with zero attached hydrogens (tertiary/aromatic N) is 3. The van der Waals surface area contributed by atoms with Crippen LogP contribution >= 0.6 is 0 Å². The summed E-state index contributed by atoms with van der Waals surface area (Å²) in [5, 5.41) is 10.9. The van der Waals surface area contributed by atoms with Crippen molar-refractivity contribution in [3.8, 4) is 5.69 Å². The molecular formula is C27H30F3N5O. The summed E-state index contributed by atoms with van der Waals surface area (Å²) in [6, 6.07) is 19.0. The van der Waals surface area contributed by atoms with E-state index in [1.54, 1.807) is 4.68 Å². The number of alkyl halides is 3. The summed E-state index contributed by atoms with van der Waals surface area (Å²) in [6.07, 6.45) is -2.15. The molecule has 0 saturated carbocycles. The molecular weight excluding hydrogens is 467 g/mol. The first kappa shape index (κ1) is 24.4. The zero-order chi connectivity index (χ0) is 25.1. The molecule has 1 saturated heterocycles. The van der Waals surface area contributed by atoms with E-state index < -0.39 is 12.6 Å². The van der Waals surface area contributed by atoms with Gasteiger partial charge in [-0.2, -0.15) is 18.3 Å². The lowest BCUT2D eigenvalue weighted by molar-refractivity contribution is -0.136. The fourth-order valence-electron chi connectivity index (χ4n) is 5.34. The van der Waals surface area contributed by atoms with Crippen molar-refractivity contribution in [2.24, 2.45) is 0 Å². The maximum Gasteiger partial charge on any atom is 0.389 e. The van der Waals surface area contributed by atoms with Gasteiger partial charge < -0.3 is 10.2 Å². The summed E-state index contributed by atoms with van der Waals surface area (Å²) >= 11 is 0. The second-order valence-electron chi connectivity index (χ2n) is 9.58. The number of aromatic nitrogens is 2. The predicted octanol–water partition coefficient (Wildman–Crippen LogP) is 5.29. The summed E-state index contributed by atoms with van der Waals surface area (Å²) in [5.41, 5.74) is 4.01. The minimum atomic E-state index is -4.15. The Bertz CT molecular complexity index is 1180. The Hall–Kier alpha value is -3.33. The lowest BCUT2D eigenvalue weighted by Gasteiger charge is -2.21. The number of halogens is 3. The Balaban J connectivity index is 1.31. The molecule has 190 valence electrons. The number of carbonyl (C=O) groups excluding carboxylic acids is 1. The van der Waals surface area contributed by atoms with E-state index >= 15 is 0 Å². The third-order valence-corrected chi connectivity index (χ3v) is 7.01. The van der Waals surface area contributed by atoms with Crippen LogP contribution in [-0.2, 0) is 12.8 Å². The molecule has 1 fully saturated rings. The molecule has 2 aliphatic rings. The van der Waals surface area contributed by atoms with E-state index in [0.717, 1.165) is 41.8 Å². The van der Waals surface area contributed by atoms with Gasteiger partial charge >= 0.3 is 12.2 Å². The average Bonchev–Trinajstić information content (AvgIpc) is 3.56. The van der Waals surface area contributed by atoms with Crippen molar-refractivity contribution in [2.75, 3.05) is 25.0 Å². The minimum Gasteiger partial charge on any atom is -0.333 e. The first-order chi connectivity index (χ1) is 17.4. The SMILES string of the molecule is O=C(Nc1c2c(nn1-c1ccccc1)CCC2)N[C@@H]1CN(CCCC(F)(F)F)C[C@H]1c1ccccc1. The Morgan fingerprint density at radius 3 is 2.44 bits per heavy atom. The van der Waals surface area contributed by atoms with Crippen molar-refractivity contribution >= 4 is 11.8 Å². The highest BCUT2D eigenvalue weighted by atomic mass is 19.4. The lowest BCUT2D eigenvalue weighted by Crippen LogP contribution is -2.42. The molecule has 2 amide bonds. The van der Waals surface area contributed by atoms with Gasteiger partial charge in [0.05, 0.1) is 17.4 Å². The summed E-state index contributed by atoms with van der Waals surface area (Å²) in [4.78, 5) is 15.3.